The molecular weight excluding hydrogens is 590 g/mol. The zero-order valence-electron chi connectivity index (χ0n) is 23.9. The molecule has 10 nitrogen and oxygen atoms in total. The number of fused-ring (bicyclic) bond motifs is 1. The Labute approximate surface area is 294 Å². The number of H-pyrrole nitrogens is 1. The minimum atomic E-state index is -0.677. The Morgan fingerprint density at radius 2 is 1.77 bits per heavy atom. The van der Waals surface area contributed by atoms with E-state index in [1.807, 2.05) is 32.9 Å². The van der Waals surface area contributed by atoms with Gasteiger partial charge in [-0.05, 0) is 67.3 Å². The Balaban J connectivity index is 0.00000384. The van der Waals surface area contributed by atoms with Gasteiger partial charge in [0, 0.05) is 17.5 Å². The summed E-state index contributed by atoms with van der Waals surface area (Å²) in [7, 11) is 0. The fraction of sp³-hybridized carbons (Fsp3) is 0.219. The van der Waals surface area contributed by atoms with Gasteiger partial charge in [0.25, 0.3) is 5.56 Å². The van der Waals surface area contributed by atoms with Crippen LogP contribution in [0.3, 0.4) is 0 Å². The van der Waals surface area contributed by atoms with Crippen molar-refractivity contribution in [1.29, 1.82) is 0 Å². The topological polar surface area (TPSA) is 120 Å². The number of hydrogen-bond donors (Lipinski definition) is 1. The normalized spacial score (nSPS) is 11.2. The third-order valence-corrected chi connectivity index (χ3v) is 7.10. The Morgan fingerprint density at radius 3 is 2.43 bits per heavy atom. The molecule has 0 radical (unpaired) electrons. The Morgan fingerprint density at radius 1 is 1.02 bits per heavy atom. The molecule has 6 rings (SSSR count). The first-order chi connectivity index (χ1) is 20.8. The van der Waals surface area contributed by atoms with Crippen molar-refractivity contribution in [3.8, 4) is 34.0 Å². The number of aryl methyl sites for hydroxylation is 1. The van der Waals surface area contributed by atoms with E-state index in [0.29, 0.717) is 57.1 Å². The number of hydrogen-bond acceptors (Lipinski definition) is 7. The van der Waals surface area contributed by atoms with Crippen LogP contribution in [0.15, 0.2) is 87.2 Å². The predicted molar refractivity (Wildman–Crippen MR) is 166 cm³/mol. The molecule has 0 saturated heterocycles. The van der Waals surface area contributed by atoms with Crippen LogP contribution in [0.2, 0.25) is 0 Å². The molecule has 44 heavy (non-hydrogen) atoms. The number of rotatable bonds is 9. The number of aromatic nitrogens is 6. The van der Waals surface area contributed by atoms with Crippen LogP contribution < -0.4 is 16.1 Å². The number of ether oxygens (including phenoxy) is 1. The van der Waals surface area contributed by atoms with E-state index in [1.165, 1.54) is 17.0 Å². The summed E-state index contributed by atoms with van der Waals surface area (Å²) in [5, 5.41) is 8.21. The van der Waals surface area contributed by atoms with Crippen molar-refractivity contribution in [2.24, 2.45) is 0 Å². The van der Waals surface area contributed by atoms with Gasteiger partial charge in [-0.3, -0.25) is 14.3 Å². The van der Waals surface area contributed by atoms with Gasteiger partial charge in [-0.15, -0.1) is 0 Å². The van der Waals surface area contributed by atoms with Crippen LogP contribution in [0.25, 0.3) is 34.0 Å². The molecule has 0 saturated carbocycles. The first-order valence-electron chi connectivity index (χ1n) is 14.0. The molecule has 6 aromatic rings. The second kappa shape index (κ2) is 13.5. The van der Waals surface area contributed by atoms with Gasteiger partial charge < -0.3 is 4.74 Å². The van der Waals surface area contributed by atoms with Crippen molar-refractivity contribution in [3.05, 3.63) is 117 Å². The molecule has 1 N–H and O–H groups in total. The van der Waals surface area contributed by atoms with Crippen LogP contribution in [-0.4, -0.2) is 86.8 Å². The maximum atomic E-state index is 15.8. The molecule has 0 unspecified atom stereocenters. The number of benzene rings is 3. The van der Waals surface area contributed by atoms with Crippen molar-refractivity contribution in [2.75, 3.05) is 0 Å². The van der Waals surface area contributed by atoms with Gasteiger partial charge in [-0.1, -0.05) is 54.9 Å². The quantitative estimate of drug-likeness (QED) is 0.233. The monoisotopic (exact) mass is 620 g/mol. The molecule has 0 amide bonds. The predicted octanol–water partition coefficient (Wildman–Crippen LogP) is 4.71. The van der Waals surface area contributed by atoms with E-state index in [9.17, 15) is 9.59 Å². The summed E-state index contributed by atoms with van der Waals surface area (Å²) in [6, 6.07) is 19.3. The van der Waals surface area contributed by atoms with Gasteiger partial charge in [0.05, 0.1) is 17.5 Å². The van der Waals surface area contributed by atoms with Crippen molar-refractivity contribution < 1.29 is 13.7 Å². The molecule has 12 heteroatoms. The van der Waals surface area contributed by atoms with Gasteiger partial charge in [0.15, 0.2) is 5.82 Å². The number of halogens is 1. The van der Waals surface area contributed by atoms with E-state index in [2.05, 4.69) is 24.7 Å². The van der Waals surface area contributed by atoms with Crippen LogP contribution in [0.1, 0.15) is 44.0 Å². The van der Waals surface area contributed by atoms with Crippen molar-refractivity contribution >= 4 is 57.2 Å². The second-order valence-corrected chi connectivity index (χ2v) is 10.4. The average molecular weight is 621 g/mol. The zero-order valence-corrected chi connectivity index (χ0v) is 23.9. The molecule has 220 valence electrons. The standard InChI is InChI=1S/C32H29FN6O4.K.H/c1-4-7-28-26(30(40)38(31-34-18-35-39(28)31)22-12-14-23(15-13-22)42-19(2)3)16-21-11-10-20(17-27(21)33)24-8-5-6-9-25(24)29-36-32(41)43-37-29;;/h5-6,8-15,17-19H,4,7,16H2,1-3H3,(H,36,37,41);;. The summed E-state index contributed by atoms with van der Waals surface area (Å²) in [5.41, 5.74) is 3.65. The van der Waals surface area contributed by atoms with E-state index >= 15 is 4.39 Å². The van der Waals surface area contributed by atoms with Gasteiger partial charge in [-0.2, -0.15) is 10.1 Å². The molecular formula is C32H30FKN6O4. The van der Waals surface area contributed by atoms with E-state index in [0.717, 1.165) is 6.42 Å². The van der Waals surface area contributed by atoms with Gasteiger partial charge in [0.1, 0.15) is 17.9 Å². The van der Waals surface area contributed by atoms with Crippen molar-refractivity contribution in [2.45, 2.75) is 46.1 Å². The molecule has 3 aromatic carbocycles. The number of nitrogens with zero attached hydrogens (tertiary/aromatic N) is 5. The zero-order chi connectivity index (χ0) is 30.1. The average Bonchev–Trinajstić information content (AvgIpc) is 3.65. The molecule has 0 aliphatic rings. The first-order valence-corrected chi connectivity index (χ1v) is 14.0. The SMILES string of the molecule is CCCc1c(Cc2ccc(-c3ccccc3-c3noc(=O)[nH]3)cc2F)c(=O)n(-c2ccc(OC(C)C)cc2)c2ncnn12.[KH]. The third-order valence-electron chi connectivity index (χ3n) is 7.10. The van der Waals surface area contributed by atoms with Gasteiger partial charge in [-0.25, -0.2) is 18.3 Å². The summed E-state index contributed by atoms with van der Waals surface area (Å²) < 4.78 is 29.4. The van der Waals surface area contributed by atoms with Crippen LogP contribution in [0, 0.1) is 5.82 Å². The van der Waals surface area contributed by atoms with E-state index in [-0.39, 0.29) is 75.3 Å². The van der Waals surface area contributed by atoms with Gasteiger partial charge >= 0.3 is 57.1 Å². The Hall–Kier alpha value is -3.68. The number of aromatic amines is 1. The van der Waals surface area contributed by atoms with E-state index in [4.69, 9.17) is 4.74 Å². The summed E-state index contributed by atoms with van der Waals surface area (Å²) in [6.07, 6.45) is 2.81. The second-order valence-electron chi connectivity index (χ2n) is 10.4. The van der Waals surface area contributed by atoms with Gasteiger partial charge in [0.2, 0.25) is 5.78 Å². The summed E-state index contributed by atoms with van der Waals surface area (Å²) in [4.78, 5) is 32.6. The van der Waals surface area contributed by atoms with Crippen LogP contribution in [0.5, 0.6) is 5.75 Å². The van der Waals surface area contributed by atoms with Crippen LogP contribution >= 0.6 is 0 Å². The Bertz CT molecular complexity index is 2050. The van der Waals surface area contributed by atoms with Crippen LogP contribution in [-0.2, 0) is 12.8 Å². The summed E-state index contributed by atoms with van der Waals surface area (Å²) in [5.74, 6) is 0.172. The fourth-order valence-electron chi connectivity index (χ4n) is 5.24. The van der Waals surface area contributed by atoms with E-state index in [1.54, 1.807) is 53.0 Å². The number of nitrogens with one attached hydrogen (secondary N) is 1. The maximum absolute atomic E-state index is 15.8. The van der Waals surface area contributed by atoms with Crippen molar-refractivity contribution in [1.82, 2.24) is 29.3 Å². The molecule has 0 atom stereocenters. The van der Waals surface area contributed by atoms with Crippen LogP contribution in [0.4, 0.5) is 4.39 Å². The molecule has 3 aromatic heterocycles. The molecule has 0 bridgehead atoms. The summed E-state index contributed by atoms with van der Waals surface area (Å²) in [6.45, 7) is 5.90. The molecule has 0 spiro atoms. The van der Waals surface area contributed by atoms with Crippen molar-refractivity contribution in [3.63, 3.8) is 0 Å². The fourth-order valence-corrected chi connectivity index (χ4v) is 5.24. The molecule has 3 heterocycles. The molecule has 0 fully saturated rings. The molecule has 0 aliphatic carbocycles. The minimum absolute atomic E-state index is 0. The third kappa shape index (κ3) is 6.26. The molecule has 0 aliphatic heterocycles. The van der Waals surface area contributed by atoms with E-state index < -0.39 is 11.6 Å². The first kappa shape index (κ1) is 31.7. The Kier molecular flexibility index (Phi) is 9.76. The summed E-state index contributed by atoms with van der Waals surface area (Å²) >= 11 is 0.